The van der Waals surface area contributed by atoms with Crippen molar-refractivity contribution < 1.29 is 43.9 Å². The molecule has 9 heteroatoms. The number of rotatable bonds is 2. The van der Waals surface area contributed by atoms with Gasteiger partial charge in [0.25, 0.3) is 0 Å². The van der Waals surface area contributed by atoms with Crippen molar-refractivity contribution in [2.75, 3.05) is 6.61 Å². The number of ketones is 1. The molecule has 3 N–H and O–H groups in total. The van der Waals surface area contributed by atoms with Gasteiger partial charge in [0, 0.05) is 34.7 Å². The normalized spacial score (nSPS) is 51.8. The standard InChI is InChI=1S/C25H32O9/c1-6-10(2)21(30)34-17-16-11(3)7-14(26)19(29)23(16,5)22-24-9-32-25(22,31)18(28)12(4)13(24)8-15(27)33-20(17)24/h6-7,12-13,16-20,22,28-29,31H,8-9H2,1-5H3/b10-6+/t12-,13+,16-,17-,18-,19-,20-,22-,23-,24-,25+/m1/s1. The van der Waals surface area contributed by atoms with Crippen LogP contribution < -0.4 is 0 Å². The fraction of sp³-hybridized carbons (Fsp3) is 0.720. The fourth-order valence-corrected chi connectivity index (χ4v) is 8.12. The smallest absolute Gasteiger partial charge is 0.333 e. The summed E-state index contributed by atoms with van der Waals surface area (Å²) < 4.78 is 17.8. The van der Waals surface area contributed by atoms with Crippen LogP contribution in [0.4, 0.5) is 0 Å². The number of aliphatic hydroxyl groups excluding tert-OH is 2. The maximum atomic E-state index is 13.0. The second-order valence-electron chi connectivity index (χ2n) is 11.0. The van der Waals surface area contributed by atoms with E-state index >= 15 is 0 Å². The molecule has 0 radical (unpaired) electrons. The van der Waals surface area contributed by atoms with Crippen LogP contribution in [0.15, 0.2) is 23.3 Å². The van der Waals surface area contributed by atoms with Crippen LogP contribution in [0.5, 0.6) is 0 Å². The lowest BCUT2D eigenvalue weighted by atomic mass is 9.37. The Bertz CT molecular complexity index is 1030. The maximum Gasteiger partial charge on any atom is 0.333 e. The number of fused-ring (bicyclic) bond motifs is 1. The number of esters is 2. The molecule has 4 fully saturated rings. The van der Waals surface area contributed by atoms with Gasteiger partial charge in [-0.05, 0) is 38.7 Å². The predicted molar refractivity (Wildman–Crippen MR) is 116 cm³/mol. The Morgan fingerprint density at radius 1 is 1.29 bits per heavy atom. The molecule has 0 aromatic heterocycles. The molecule has 9 nitrogen and oxygen atoms in total. The molecule has 2 bridgehead atoms. The Morgan fingerprint density at radius 2 is 1.97 bits per heavy atom. The molecule has 0 aromatic rings. The van der Waals surface area contributed by atoms with Gasteiger partial charge in [0.1, 0.15) is 24.4 Å². The number of aliphatic hydroxyl groups is 3. The Balaban J connectivity index is 1.79. The van der Waals surface area contributed by atoms with Crippen LogP contribution in [-0.2, 0) is 28.6 Å². The van der Waals surface area contributed by atoms with Gasteiger partial charge in [-0.3, -0.25) is 9.59 Å². The fourth-order valence-electron chi connectivity index (χ4n) is 8.12. The summed E-state index contributed by atoms with van der Waals surface area (Å²) in [5, 5.41) is 34.3. The molecule has 3 aliphatic carbocycles. The molecule has 1 spiro atoms. The SMILES string of the molecule is C/C=C(\C)C(=O)O[C@@H]1[C@H]2C(C)=CC(=O)[C@@H](O)[C@]2(C)[C@H]2[C@@]3(O)OC[C@@]24[C@@H]1OC(=O)C[C@H]4[C@@H](C)[C@H]3O. The number of allylic oxidation sites excluding steroid dienone is 1. The molecule has 5 rings (SSSR count). The molecule has 2 saturated heterocycles. The van der Waals surface area contributed by atoms with Gasteiger partial charge in [0.2, 0.25) is 0 Å². The van der Waals surface area contributed by atoms with Crippen molar-refractivity contribution in [3.63, 3.8) is 0 Å². The maximum absolute atomic E-state index is 13.0. The highest BCUT2D eigenvalue weighted by atomic mass is 16.7. The van der Waals surface area contributed by atoms with Crippen LogP contribution >= 0.6 is 0 Å². The van der Waals surface area contributed by atoms with E-state index in [0.29, 0.717) is 11.1 Å². The first kappa shape index (κ1) is 23.7. The van der Waals surface area contributed by atoms with Gasteiger partial charge in [-0.25, -0.2) is 4.79 Å². The average molecular weight is 477 g/mol. The van der Waals surface area contributed by atoms with Gasteiger partial charge in [-0.2, -0.15) is 0 Å². The topological polar surface area (TPSA) is 140 Å². The zero-order valence-corrected chi connectivity index (χ0v) is 20.0. The van der Waals surface area contributed by atoms with Crippen LogP contribution in [0.1, 0.15) is 41.0 Å². The van der Waals surface area contributed by atoms with E-state index in [9.17, 15) is 29.7 Å². The van der Waals surface area contributed by atoms with Crippen molar-refractivity contribution in [2.24, 2.45) is 34.5 Å². The zero-order chi connectivity index (χ0) is 25.0. The molecule has 0 unspecified atom stereocenters. The Hall–Kier alpha value is -2.07. The number of hydrogen-bond acceptors (Lipinski definition) is 9. The third-order valence-electron chi connectivity index (χ3n) is 9.56. The van der Waals surface area contributed by atoms with Crippen molar-refractivity contribution in [1.82, 2.24) is 0 Å². The Kier molecular flexibility index (Phi) is 5.03. The first-order valence-electron chi connectivity index (χ1n) is 11.8. The minimum absolute atomic E-state index is 0.0150. The molecule has 5 aliphatic rings. The summed E-state index contributed by atoms with van der Waals surface area (Å²) in [6.45, 7) is 8.37. The van der Waals surface area contributed by atoms with Crippen molar-refractivity contribution in [2.45, 2.75) is 71.2 Å². The van der Waals surface area contributed by atoms with Crippen molar-refractivity contribution in [1.29, 1.82) is 0 Å². The van der Waals surface area contributed by atoms with Gasteiger partial charge < -0.3 is 29.5 Å². The van der Waals surface area contributed by atoms with E-state index in [1.165, 1.54) is 6.08 Å². The van der Waals surface area contributed by atoms with Crippen LogP contribution in [-0.4, -0.2) is 69.9 Å². The molecule has 2 heterocycles. The quantitative estimate of drug-likeness (QED) is 0.387. The minimum atomic E-state index is -2.07. The molecule has 0 amide bonds. The van der Waals surface area contributed by atoms with Crippen molar-refractivity contribution in [3.05, 3.63) is 23.3 Å². The third kappa shape index (κ3) is 2.56. The van der Waals surface area contributed by atoms with Gasteiger partial charge in [-0.1, -0.05) is 25.5 Å². The van der Waals surface area contributed by atoms with Crippen LogP contribution in [0.2, 0.25) is 0 Å². The lowest BCUT2D eigenvalue weighted by molar-refractivity contribution is -0.344. The van der Waals surface area contributed by atoms with Gasteiger partial charge >= 0.3 is 11.9 Å². The third-order valence-corrected chi connectivity index (χ3v) is 9.56. The molecule has 0 aromatic carbocycles. The lowest BCUT2D eigenvalue weighted by Crippen LogP contribution is -2.79. The summed E-state index contributed by atoms with van der Waals surface area (Å²) in [6, 6.07) is 0. The van der Waals surface area contributed by atoms with Crippen molar-refractivity contribution in [3.8, 4) is 0 Å². The number of carbonyl (C=O) groups is 3. The summed E-state index contributed by atoms with van der Waals surface area (Å²) in [7, 11) is 0. The zero-order valence-electron chi connectivity index (χ0n) is 20.0. The second-order valence-corrected chi connectivity index (χ2v) is 11.0. The molecule has 186 valence electrons. The molecular weight excluding hydrogens is 444 g/mol. The van der Waals surface area contributed by atoms with Crippen LogP contribution in [0.25, 0.3) is 0 Å². The number of hydrogen-bond donors (Lipinski definition) is 3. The van der Waals surface area contributed by atoms with E-state index in [2.05, 4.69) is 0 Å². The largest absolute Gasteiger partial charge is 0.458 e. The van der Waals surface area contributed by atoms with E-state index in [1.54, 1.807) is 40.7 Å². The summed E-state index contributed by atoms with van der Waals surface area (Å²) in [4.78, 5) is 38.7. The molecule has 2 aliphatic heterocycles. The predicted octanol–water partition coefficient (Wildman–Crippen LogP) is 0.654. The first-order chi connectivity index (χ1) is 15.8. The van der Waals surface area contributed by atoms with Crippen LogP contribution in [0.3, 0.4) is 0 Å². The highest BCUT2D eigenvalue weighted by Crippen LogP contribution is 2.73. The molecule has 34 heavy (non-hydrogen) atoms. The average Bonchev–Trinajstić information content (AvgIpc) is 3.08. The van der Waals surface area contributed by atoms with Gasteiger partial charge in [0.05, 0.1) is 6.61 Å². The summed E-state index contributed by atoms with van der Waals surface area (Å²) >= 11 is 0. The monoisotopic (exact) mass is 476 g/mol. The molecule has 11 atom stereocenters. The second kappa shape index (κ2) is 7.22. The molecular formula is C25H32O9. The Labute approximate surface area is 197 Å². The first-order valence-corrected chi connectivity index (χ1v) is 11.8. The van der Waals surface area contributed by atoms with E-state index in [1.807, 2.05) is 0 Å². The number of carbonyl (C=O) groups excluding carboxylic acids is 3. The highest BCUT2D eigenvalue weighted by molar-refractivity contribution is 5.96. The summed E-state index contributed by atoms with van der Waals surface area (Å²) in [6.07, 6.45) is -1.99. The minimum Gasteiger partial charge on any atom is -0.458 e. The van der Waals surface area contributed by atoms with Gasteiger partial charge in [0.15, 0.2) is 11.6 Å². The number of ether oxygens (including phenoxy) is 3. The summed E-state index contributed by atoms with van der Waals surface area (Å²) in [5.74, 6) is -6.42. The van der Waals surface area contributed by atoms with E-state index < -0.39 is 82.4 Å². The van der Waals surface area contributed by atoms with E-state index in [0.717, 1.165) is 0 Å². The van der Waals surface area contributed by atoms with E-state index in [-0.39, 0.29) is 13.0 Å². The molecule has 2 saturated carbocycles. The lowest BCUT2D eigenvalue weighted by Gasteiger charge is -2.68. The Morgan fingerprint density at radius 3 is 2.62 bits per heavy atom. The van der Waals surface area contributed by atoms with E-state index in [4.69, 9.17) is 14.2 Å². The highest BCUT2D eigenvalue weighted by Gasteiger charge is 2.84. The van der Waals surface area contributed by atoms with Gasteiger partial charge in [-0.15, -0.1) is 0 Å². The van der Waals surface area contributed by atoms with Crippen LogP contribution in [0, 0.1) is 34.5 Å². The summed E-state index contributed by atoms with van der Waals surface area (Å²) in [5.41, 5.74) is -1.53. The van der Waals surface area contributed by atoms with Crippen molar-refractivity contribution >= 4 is 17.7 Å².